The molecule has 3 heterocycles. The number of halogens is 4. The van der Waals surface area contributed by atoms with Crippen molar-refractivity contribution in [2.75, 3.05) is 65.0 Å². The number of anilines is 1. The van der Waals surface area contributed by atoms with Gasteiger partial charge in [0.25, 0.3) is 5.91 Å². The fourth-order valence-electron chi connectivity index (χ4n) is 5.73. The van der Waals surface area contributed by atoms with Crippen LogP contribution in [0, 0.1) is 11.8 Å². The number of ether oxygens (including phenoxy) is 2. The number of methoxy groups -OCH3 is 2. The third-order valence-corrected chi connectivity index (χ3v) is 7.72. The van der Waals surface area contributed by atoms with E-state index in [0.717, 1.165) is 12.1 Å². The molecule has 1 N–H and O–H groups in total. The van der Waals surface area contributed by atoms with Gasteiger partial charge >= 0.3 is 12.1 Å². The Balaban J connectivity index is 1.64. The fourth-order valence-corrected chi connectivity index (χ4v) is 5.73. The topological polar surface area (TPSA) is 71.1 Å². The minimum atomic E-state index is -4.52. The molecule has 0 aromatic heterocycles. The van der Waals surface area contributed by atoms with Gasteiger partial charge in [0, 0.05) is 63.8 Å². The van der Waals surface area contributed by atoms with Gasteiger partial charge < -0.3 is 24.6 Å². The van der Waals surface area contributed by atoms with Crippen molar-refractivity contribution in [1.29, 1.82) is 0 Å². The number of nitrogens with one attached hydrogen (secondary N) is 1. The summed E-state index contributed by atoms with van der Waals surface area (Å²) in [5.41, 5.74) is -1.61. The summed E-state index contributed by atoms with van der Waals surface area (Å²) < 4.78 is 66.4. The number of piperidine rings is 1. The number of amides is 1. The van der Waals surface area contributed by atoms with Crippen molar-refractivity contribution in [2.24, 2.45) is 11.8 Å². The van der Waals surface area contributed by atoms with E-state index >= 15 is 4.39 Å². The van der Waals surface area contributed by atoms with Crippen molar-refractivity contribution in [3.05, 3.63) is 29.3 Å². The van der Waals surface area contributed by atoms with Gasteiger partial charge in [-0.05, 0) is 37.1 Å². The second kappa shape index (κ2) is 10.5. The maximum Gasteiger partial charge on any atom is 0.416 e. The van der Waals surface area contributed by atoms with Crippen LogP contribution in [0.5, 0.6) is 0 Å². The number of esters is 1. The van der Waals surface area contributed by atoms with Crippen molar-refractivity contribution in [3.8, 4) is 0 Å². The maximum absolute atomic E-state index is 15.2. The Morgan fingerprint density at radius 3 is 2.47 bits per heavy atom. The van der Waals surface area contributed by atoms with E-state index in [9.17, 15) is 22.8 Å². The lowest BCUT2D eigenvalue weighted by molar-refractivity contribution is -0.146. The molecule has 11 heteroatoms. The van der Waals surface area contributed by atoms with Crippen molar-refractivity contribution in [1.82, 2.24) is 10.2 Å². The van der Waals surface area contributed by atoms with E-state index in [-0.39, 0.29) is 56.4 Å². The lowest BCUT2D eigenvalue weighted by Gasteiger charge is -2.35. The largest absolute Gasteiger partial charge is 0.469 e. The van der Waals surface area contributed by atoms with Gasteiger partial charge in [0.2, 0.25) is 5.67 Å². The lowest BCUT2D eigenvalue weighted by Crippen LogP contribution is -2.46. The Morgan fingerprint density at radius 2 is 1.89 bits per heavy atom. The summed E-state index contributed by atoms with van der Waals surface area (Å²) in [6, 6.07) is 3.69. The van der Waals surface area contributed by atoms with Crippen LogP contribution in [-0.4, -0.2) is 82.5 Å². The fraction of sp³-hybridized carbons (Fsp3) is 0.680. The number of nitrogens with zero attached hydrogens (tertiary/aromatic N) is 2. The average Bonchev–Trinajstić information content (AvgIpc) is 3.50. The molecule has 1 amide bonds. The molecule has 0 saturated carbocycles. The standard InChI is InChI=1S/C25H33F4N3O4/c1-35-14-17-12-32(23(34)24(26)7-8-30-15-24)13-20(17)19-4-3-18(25(27,28)29)11-21(19)31-9-5-16(6-10-31)22(33)36-2/h3-4,11,16-17,20,30H,5-10,12-15H2,1-2H3/t17-,20+,24-/m1/s1. The highest BCUT2D eigenvalue weighted by Gasteiger charge is 2.48. The second-order valence-corrected chi connectivity index (χ2v) is 9.98. The first kappa shape index (κ1) is 26.7. The first-order valence-corrected chi connectivity index (χ1v) is 12.3. The molecular weight excluding hydrogens is 482 g/mol. The second-order valence-electron chi connectivity index (χ2n) is 9.98. The minimum absolute atomic E-state index is 0.0391. The monoisotopic (exact) mass is 515 g/mol. The zero-order valence-corrected chi connectivity index (χ0v) is 20.6. The summed E-state index contributed by atoms with van der Waals surface area (Å²) in [5.74, 6) is -1.70. The van der Waals surface area contributed by atoms with Crippen LogP contribution in [0.3, 0.4) is 0 Å². The van der Waals surface area contributed by atoms with E-state index < -0.39 is 23.3 Å². The Kier molecular flexibility index (Phi) is 7.80. The zero-order chi connectivity index (χ0) is 26.1. The number of hydrogen-bond acceptors (Lipinski definition) is 6. The van der Waals surface area contributed by atoms with Crippen molar-refractivity contribution in [2.45, 2.75) is 37.0 Å². The molecule has 1 aromatic carbocycles. The molecule has 3 atom stereocenters. The van der Waals surface area contributed by atoms with E-state index in [0.29, 0.717) is 43.7 Å². The van der Waals surface area contributed by atoms with Gasteiger partial charge in [-0.3, -0.25) is 9.59 Å². The first-order chi connectivity index (χ1) is 17.1. The van der Waals surface area contributed by atoms with Crippen LogP contribution < -0.4 is 10.2 Å². The smallest absolute Gasteiger partial charge is 0.416 e. The summed E-state index contributed by atoms with van der Waals surface area (Å²) in [5, 5.41) is 2.89. The number of benzene rings is 1. The summed E-state index contributed by atoms with van der Waals surface area (Å²) in [6.45, 7) is 1.95. The summed E-state index contributed by atoms with van der Waals surface area (Å²) in [7, 11) is 2.86. The highest BCUT2D eigenvalue weighted by molar-refractivity contribution is 5.86. The molecule has 36 heavy (non-hydrogen) atoms. The SMILES string of the molecule is COC[C@H]1CN(C(=O)[C@@]2(F)CCNC2)C[C@@H]1c1ccc(C(F)(F)F)cc1N1CCC(C(=O)OC)CC1. The molecular formula is C25H33F4N3O4. The molecule has 0 aliphatic carbocycles. The van der Waals surface area contributed by atoms with Crippen LogP contribution >= 0.6 is 0 Å². The highest BCUT2D eigenvalue weighted by atomic mass is 19.4. The van der Waals surface area contributed by atoms with E-state index in [2.05, 4.69) is 5.32 Å². The number of rotatable bonds is 6. The number of alkyl halides is 4. The third kappa shape index (κ3) is 5.32. The van der Waals surface area contributed by atoms with Gasteiger partial charge in [0.05, 0.1) is 25.2 Å². The molecule has 0 bridgehead atoms. The van der Waals surface area contributed by atoms with Gasteiger partial charge in [-0.2, -0.15) is 13.2 Å². The van der Waals surface area contributed by atoms with Crippen molar-refractivity contribution >= 4 is 17.6 Å². The van der Waals surface area contributed by atoms with Gasteiger partial charge in [-0.25, -0.2) is 4.39 Å². The number of carbonyl (C=O) groups excluding carboxylic acids is 2. The first-order valence-electron chi connectivity index (χ1n) is 12.3. The van der Waals surface area contributed by atoms with Crippen LogP contribution in [-0.2, 0) is 25.2 Å². The summed E-state index contributed by atoms with van der Waals surface area (Å²) >= 11 is 0. The van der Waals surface area contributed by atoms with Crippen LogP contribution in [0.15, 0.2) is 18.2 Å². The quantitative estimate of drug-likeness (QED) is 0.464. The van der Waals surface area contributed by atoms with Gasteiger partial charge in [-0.1, -0.05) is 6.07 Å². The third-order valence-electron chi connectivity index (χ3n) is 7.72. The van der Waals surface area contributed by atoms with E-state index in [1.807, 2.05) is 4.90 Å². The van der Waals surface area contributed by atoms with Crippen LogP contribution in [0.4, 0.5) is 23.2 Å². The zero-order valence-electron chi connectivity index (χ0n) is 20.6. The Labute approximate surface area is 208 Å². The highest BCUT2D eigenvalue weighted by Crippen LogP contribution is 2.43. The normalized spacial score (nSPS) is 27.5. The Bertz CT molecular complexity index is 959. The summed E-state index contributed by atoms with van der Waals surface area (Å²) in [6.07, 6.45) is -3.48. The molecule has 4 rings (SSSR count). The van der Waals surface area contributed by atoms with E-state index in [1.165, 1.54) is 25.2 Å². The molecule has 7 nitrogen and oxygen atoms in total. The number of likely N-dealkylation sites (tertiary alicyclic amines) is 1. The predicted molar refractivity (Wildman–Crippen MR) is 124 cm³/mol. The van der Waals surface area contributed by atoms with Crippen molar-refractivity contribution in [3.63, 3.8) is 0 Å². The van der Waals surface area contributed by atoms with Crippen LogP contribution in [0.2, 0.25) is 0 Å². The van der Waals surface area contributed by atoms with Gasteiger partial charge in [0.15, 0.2) is 0 Å². The molecule has 1 aromatic rings. The molecule has 0 unspecified atom stereocenters. The Hall–Kier alpha value is -2.40. The molecule has 0 spiro atoms. The molecule has 3 fully saturated rings. The average molecular weight is 516 g/mol. The van der Waals surface area contributed by atoms with Crippen LogP contribution in [0.25, 0.3) is 0 Å². The van der Waals surface area contributed by atoms with Crippen LogP contribution in [0.1, 0.15) is 36.3 Å². The molecule has 200 valence electrons. The van der Waals surface area contributed by atoms with E-state index in [4.69, 9.17) is 9.47 Å². The Morgan fingerprint density at radius 1 is 1.17 bits per heavy atom. The number of carbonyl (C=O) groups is 2. The summed E-state index contributed by atoms with van der Waals surface area (Å²) in [4.78, 5) is 28.4. The molecule has 0 radical (unpaired) electrons. The minimum Gasteiger partial charge on any atom is -0.469 e. The maximum atomic E-state index is 15.2. The number of hydrogen-bond donors (Lipinski definition) is 1. The molecule has 3 aliphatic rings. The van der Waals surface area contributed by atoms with Gasteiger partial charge in [0.1, 0.15) is 0 Å². The predicted octanol–water partition coefficient (Wildman–Crippen LogP) is 2.98. The van der Waals surface area contributed by atoms with Gasteiger partial charge in [-0.15, -0.1) is 0 Å². The van der Waals surface area contributed by atoms with E-state index in [1.54, 1.807) is 0 Å². The molecule has 3 saturated heterocycles. The molecule has 3 aliphatic heterocycles. The lowest BCUT2D eigenvalue weighted by atomic mass is 9.86. The van der Waals surface area contributed by atoms with Crippen molar-refractivity contribution < 1.29 is 36.6 Å².